The van der Waals surface area contributed by atoms with Crippen LogP contribution in [0.5, 0.6) is 0 Å². The molecule has 21 heavy (non-hydrogen) atoms. The number of fused-ring (bicyclic) bond motifs is 1. The highest BCUT2D eigenvalue weighted by molar-refractivity contribution is 9.10. The number of aromatic nitrogens is 3. The molecule has 0 N–H and O–H groups in total. The van der Waals surface area contributed by atoms with Crippen LogP contribution in [0.2, 0.25) is 0 Å². The van der Waals surface area contributed by atoms with Gasteiger partial charge < -0.3 is 4.57 Å². The first kappa shape index (κ1) is 15.0. The highest BCUT2D eigenvalue weighted by Crippen LogP contribution is 2.33. The Hall–Kier alpha value is -0.910. The molecule has 0 aliphatic carbocycles. The topological polar surface area (TPSA) is 30.7 Å². The van der Waals surface area contributed by atoms with Gasteiger partial charge in [-0.15, -0.1) is 22.9 Å². The quantitative estimate of drug-likeness (QED) is 0.560. The number of alkyl halides is 1. The molecule has 1 aromatic carbocycles. The van der Waals surface area contributed by atoms with Crippen LogP contribution in [0.3, 0.4) is 0 Å². The van der Waals surface area contributed by atoms with Gasteiger partial charge in [0, 0.05) is 15.5 Å². The van der Waals surface area contributed by atoms with E-state index in [0.717, 1.165) is 26.3 Å². The van der Waals surface area contributed by atoms with Crippen LogP contribution in [0.15, 0.2) is 28.9 Å². The molecule has 2 aromatic heterocycles. The van der Waals surface area contributed by atoms with E-state index in [4.69, 9.17) is 16.6 Å². The summed E-state index contributed by atoms with van der Waals surface area (Å²) in [6.07, 6.45) is 1.91. The van der Waals surface area contributed by atoms with Crippen LogP contribution in [0.25, 0.3) is 11.0 Å². The molecule has 0 saturated heterocycles. The average Bonchev–Trinajstić information content (AvgIpc) is 3.01. The molecule has 0 fully saturated rings. The lowest BCUT2D eigenvalue weighted by atomic mass is 10.2. The zero-order valence-electron chi connectivity index (χ0n) is 12.0. The molecule has 2 atom stereocenters. The summed E-state index contributed by atoms with van der Waals surface area (Å²) in [7, 11) is 0. The minimum Gasteiger partial charge on any atom is -0.317 e. The van der Waals surface area contributed by atoms with E-state index in [9.17, 15) is 0 Å². The first-order valence-corrected chi connectivity index (χ1v) is 8.75. The SMILES string of the molecule is Cc1cnc(C(C)n2c(C(C)Cl)nc3cc(Br)ccc32)s1. The maximum atomic E-state index is 6.34. The third-order valence-electron chi connectivity index (χ3n) is 3.42. The van der Waals surface area contributed by atoms with E-state index in [1.807, 2.05) is 25.3 Å². The lowest BCUT2D eigenvalue weighted by molar-refractivity contribution is 0.615. The number of rotatable bonds is 3. The highest BCUT2D eigenvalue weighted by Gasteiger charge is 2.21. The number of hydrogen-bond donors (Lipinski definition) is 0. The summed E-state index contributed by atoms with van der Waals surface area (Å²) in [5.41, 5.74) is 2.04. The second kappa shape index (κ2) is 5.71. The number of imidazole rings is 1. The number of benzene rings is 1. The average molecular weight is 385 g/mol. The molecule has 3 nitrogen and oxygen atoms in total. The number of nitrogens with zero attached hydrogens (tertiary/aromatic N) is 3. The molecule has 3 aromatic rings. The van der Waals surface area contributed by atoms with Gasteiger partial charge >= 0.3 is 0 Å². The van der Waals surface area contributed by atoms with Gasteiger partial charge in [-0.3, -0.25) is 0 Å². The fraction of sp³-hybridized carbons (Fsp3) is 0.333. The molecule has 2 heterocycles. The van der Waals surface area contributed by atoms with E-state index in [1.165, 1.54) is 4.88 Å². The highest BCUT2D eigenvalue weighted by atomic mass is 79.9. The molecule has 6 heteroatoms. The Morgan fingerprint density at radius 2 is 2.10 bits per heavy atom. The van der Waals surface area contributed by atoms with Gasteiger partial charge in [0.1, 0.15) is 10.8 Å². The van der Waals surface area contributed by atoms with E-state index in [1.54, 1.807) is 11.3 Å². The molecular formula is C15H15BrClN3S. The van der Waals surface area contributed by atoms with Crippen molar-refractivity contribution in [2.75, 3.05) is 0 Å². The summed E-state index contributed by atoms with van der Waals surface area (Å²) in [6.45, 7) is 6.17. The maximum Gasteiger partial charge on any atom is 0.128 e. The zero-order valence-corrected chi connectivity index (χ0v) is 15.1. The molecule has 3 rings (SSSR count). The number of halogens is 2. The maximum absolute atomic E-state index is 6.34. The van der Waals surface area contributed by atoms with Crippen molar-refractivity contribution in [1.82, 2.24) is 14.5 Å². The predicted octanol–water partition coefficient (Wildman–Crippen LogP) is 5.47. The third kappa shape index (κ3) is 2.74. The molecular weight excluding hydrogens is 370 g/mol. The van der Waals surface area contributed by atoms with Crippen molar-refractivity contribution in [3.05, 3.63) is 44.6 Å². The predicted molar refractivity (Wildman–Crippen MR) is 92.4 cm³/mol. The summed E-state index contributed by atoms with van der Waals surface area (Å²) in [5.74, 6) is 0.880. The number of aryl methyl sites for hydroxylation is 1. The van der Waals surface area contributed by atoms with Crippen LogP contribution in [0, 0.1) is 6.92 Å². The number of thiazole rings is 1. The molecule has 0 bridgehead atoms. The fourth-order valence-electron chi connectivity index (χ4n) is 2.45. The minimum absolute atomic E-state index is 0.117. The molecule has 110 valence electrons. The monoisotopic (exact) mass is 383 g/mol. The van der Waals surface area contributed by atoms with Gasteiger partial charge in [0.25, 0.3) is 0 Å². The fourth-order valence-corrected chi connectivity index (χ4v) is 3.77. The minimum atomic E-state index is -0.153. The first-order chi connectivity index (χ1) is 9.97. The van der Waals surface area contributed by atoms with Gasteiger partial charge in [-0.1, -0.05) is 15.9 Å². The summed E-state index contributed by atoms with van der Waals surface area (Å²) in [4.78, 5) is 10.4. The van der Waals surface area contributed by atoms with Crippen molar-refractivity contribution in [1.29, 1.82) is 0 Å². The van der Waals surface area contributed by atoms with Crippen LogP contribution >= 0.6 is 38.9 Å². The lowest BCUT2D eigenvalue weighted by Crippen LogP contribution is -2.11. The summed E-state index contributed by atoms with van der Waals surface area (Å²) in [6, 6.07) is 6.25. The van der Waals surface area contributed by atoms with Crippen LogP contribution in [0.4, 0.5) is 0 Å². The van der Waals surface area contributed by atoms with Gasteiger partial charge in [-0.05, 0) is 39.0 Å². The molecule has 0 saturated carbocycles. The molecule has 0 aliphatic rings. The van der Waals surface area contributed by atoms with E-state index in [2.05, 4.69) is 45.4 Å². The molecule has 0 amide bonds. The third-order valence-corrected chi connectivity index (χ3v) is 5.19. The second-order valence-electron chi connectivity index (χ2n) is 5.07. The van der Waals surface area contributed by atoms with Crippen LogP contribution in [-0.4, -0.2) is 14.5 Å². The Kier molecular flexibility index (Phi) is 4.08. The Bertz CT molecular complexity index is 793. The first-order valence-electron chi connectivity index (χ1n) is 6.71. The summed E-state index contributed by atoms with van der Waals surface area (Å²) >= 11 is 11.6. The van der Waals surface area contributed by atoms with Crippen molar-refractivity contribution in [3.8, 4) is 0 Å². The lowest BCUT2D eigenvalue weighted by Gasteiger charge is -2.16. The van der Waals surface area contributed by atoms with E-state index in [0.29, 0.717) is 0 Å². The van der Waals surface area contributed by atoms with Gasteiger partial charge in [0.2, 0.25) is 0 Å². The van der Waals surface area contributed by atoms with Crippen molar-refractivity contribution in [2.45, 2.75) is 32.2 Å². The van der Waals surface area contributed by atoms with Crippen molar-refractivity contribution in [3.63, 3.8) is 0 Å². The van der Waals surface area contributed by atoms with Crippen LogP contribution in [0.1, 0.15) is 41.0 Å². The second-order valence-corrected chi connectivity index (χ2v) is 7.91. The van der Waals surface area contributed by atoms with E-state index in [-0.39, 0.29) is 11.4 Å². The summed E-state index contributed by atoms with van der Waals surface area (Å²) < 4.78 is 3.21. The Morgan fingerprint density at radius 1 is 1.33 bits per heavy atom. The Balaban J connectivity index is 2.21. The van der Waals surface area contributed by atoms with E-state index >= 15 is 0 Å². The van der Waals surface area contributed by atoms with Gasteiger partial charge in [0.15, 0.2) is 0 Å². The molecule has 0 aliphatic heterocycles. The molecule has 2 unspecified atom stereocenters. The van der Waals surface area contributed by atoms with Gasteiger partial charge in [-0.2, -0.15) is 0 Å². The van der Waals surface area contributed by atoms with Crippen LogP contribution in [-0.2, 0) is 0 Å². The normalized spacial score (nSPS) is 14.5. The molecule has 0 spiro atoms. The zero-order chi connectivity index (χ0) is 15.1. The summed E-state index contributed by atoms with van der Waals surface area (Å²) in [5, 5.41) is 0.924. The number of hydrogen-bond acceptors (Lipinski definition) is 3. The van der Waals surface area contributed by atoms with Crippen LogP contribution < -0.4 is 0 Å². The molecule has 0 radical (unpaired) electrons. The largest absolute Gasteiger partial charge is 0.317 e. The standard InChI is InChI=1S/C15H15BrClN3S/c1-8-7-18-15(21-8)10(3)20-13-5-4-11(16)6-12(13)19-14(20)9(2)17/h4-7,9-10H,1-3H3. The van der Waals surface area contributed by atoms with Gasteiger partial charge in [0.05, 0.1) is 22.5 Å². The Labute approximate surface area is 141 Å². The van der Waals surface area contributed by atoms with Crippen molar-refractivity contribution >= 4 is 49.9 Å². The smallest absolute Gasteiger partial charge is 0.128 e. The van der Waals surface area contributed by atoms with Gasteiger partial charge in [-0.25, -0.2) is 9.97 Å². The van der Waals surface area contributed by atoms with Crippen molar-refractivity contribution < 1.29 is 0 Å². The van der Waals surface area contributed by atoms with Crippen molar-refractivity contribution in [2.24, 2.45) is 0 Å². The Morgan fingerprint density at radius 3 is 2.71 bits per heavy atom. The van der Waals surface area contributed by atoms with E-state index < -0.39 is 0 Å².